The van der Waals surface area contributed by atoms with Crippen LogP contribution in [-0.4, -0.2) is 35.3 Å². The van der Waals surface area contributed by atoms with Gasteiger partial charge < -0.3 is 19.4 Å². The van der Waals surface area contributed by atoms with Crippen molar-refractivity contribution in [1.82, 2.24) is 4.90 Å². The first-order valence-electron chi connectivity index (χ1n) is 8.88. The van der Waals surface area contributed by atoms with Crippen LogP contribution >= 0.6 is 11.6 Å². The number of esters is 1. The maximum Gasteiger partial charge on any atom is 0.312 e. The van der Waals surface area contributed by atoms with E-state index in [-0.39, 0.29) is 36.0 Å². The molecule has 0 unspecified atom stereocenters. The first-order valence-corrected chi connectivity index (χ1v) is 9.26. The van der Waals surface area contributed by atoms with Crippen LogP contribution in [0.5, 0.6) is 0 Å². The molecule has 2 atom stereocenters. The Balaban J connectivity index is 1.53. The fourth-order valence-electron chi connectivity index (χ4n) is 2.92. The standard InChI is InChI=1S/C20H18ClN3O5/c1-12(19(26)23-15-5-4-13(9-22)17(21)8-15)29-20(27)14-7-18(25)24(10-14)11-16-3-2-6-28-16/h2-6,8,12,14H,7,10-11H2,1H3,(H,23,26)/t12-,14-/m0/s1. The predicted molar refractivity (Wildman–Crippen MR) is 103 cm³/mol. The highest BCUT2D eigenvalue weighted by molar-refractivity contribution is 6.32. The van der Waals surface area contributed by atoms with Crippen LogP contribution in [0, 0.1) is 17.2 Å². The number of nitriles is 1. The van der Waals surface area contributed by atoms with Crippen molar-refractivity contribution in [3.8, 4) is 6.07 Å². The quantitative estimate of drug-likeness (QED) is 0.726. The van der Waals surface area contributed by atoms with Crippen LogP contribution in [0.4, 0.5) is 5.69 Å². The van der Waals surface area contributed by atoms with Crippen molar-refractivity contribution in [2.75, 3.05) is 11.9 Å². The number of benzene rings is 1. The van der Waals surface area contributed by atoms with E-state index in [4.69, 9.17) is 26.0 Å². The lowest BCUT2D eigenvalue weighted by atomic mass is 10.1. The summed E-state index contributed by atoms with van der Waals surface area (Å²) in [4.78, 5) is 38.3. The molecule has 1 aromatic carbocycles. The Morgan fingerprint density at radius 2 is 2.24 bits per heavy atom. The van der Waals surface area contributed by atoms with E-state index in [1.807, 2.05) is 6.07 Å². The molecule has 1 aromatic heterocycles. The number of hydrogen-bond acceptors (Lipinski definition) is 6. The smallest absolute Gasteiger partial charge is 0.312 e. The summed E-state index contributed by atoms with van der Waals surface area (Å²) in [6.07, 6.45) is 0.480. The van der Waals surface area contributed by atoms with Gasteiger partial charge in [-0.25, -0.2) is 0 Å². The third-order valence-corrected chi connectivity index (χ3v) is 4.81. The molecule has 1 fully saturated rings. The van der Waals surface area contributed by atoms with Gasteiger partial charge in [0.25, 0.3) is 5.91 Å². The molecule has 0 aliphatic carbocycles. The Hall–Kier alpha value is -3.31. The van der Waals surface area contributed by atoms with E-state index >= 15 is 0 Å². The van der Waals surface area contributed by atoms with E-state index < -0.39 is 23.9 Å². The van der Waals surface area contributed by atoms with Crippen molar-refractivity contribution in [3.05, 3.63) is 52.9 Å². The number of likely N-dealkylation sites (tertiary alicyclic amines) is 1. The van der Waals surface area contributed by atoms with E-state index in [0.717, 1.165) is 0 Å². The van der Waals surface area contributed by atoms with Crippen LogP contribution in [0.3, 0.4) is 0 Å². The number of ether oxygens (including phenoxy) is 1. The minimum atomic E-state index is -1.06. The highest BCUT2D eigenvalue weighted by atomic mass is 35.5. The molecule has 1 saturated heterocycles. The lowest BCUT2D eigenvalue weighted by molar-refractivity contribution is -0.157. The van der Waals surface area contributed by atoms with Crippen LogP contribution in [-0.2, 0) is 25.7 Å². The molecule has 1 aliphatic rings. The summed E-state index contributed by atoms with van der Waals surface area (Å²) in [6.45, 7) is 1.93. The molecule has 3 rings (SSSR count). The minimum Gasteiger partial charge on any atom is -0.467 e. The molecular weight excluding hydrogens is 398 g/mol. The maximum absolute atomic E-state index is 12.4. The fourth-order valence-corrected chi connectivity index (χ4v) is 3.15. The molecule has 2 amide bonds. The van der Waals surface area contributed by atoms with Crippen LogP contribution in [0.25, 0.3) is 0 Å². The Kier molecular flexibility index (Phi) is 6.20. The second-order valence-electron chi connectivity index (χ2n) is 6.63. The third-order valence-electron chi connectivity index (χ3n) is 4.49. The number of rotatable bonds is 6. The van der Waals surface area contributed by atoms with Gasteiger partial charge in [0.15, 0.2) is 6.10 Å². The summed E-state index contributed by atoms with van der Waals surface area (Å²) in [7, 11) is 0. The van der Waals surface area contributed by atoms with Crippen molar-refractivity contribution >= 4 is 35.1 Å². The lowest BCUT2D eigenvalue weighted by Gasteiger charge is -2.17. The Morgan fingerprint density at radius 3 is 2.90 bits per heavy atom. The van der Waals surface area contributed by atoms with Crippen molar-refractivity contribution in [1.29, 1.82) is 5.26 Å². The van der Waals surface area contributed by atoms with E-state index in [1.54, 1.807) is 12.1 Å². The zero-order valence-corrected chi connectivity index (χ0v) is 16.3. The highest BCUT2D eigenvalue weighted by Gasteiger charge is 2.36. The molecular formula is C20H18ClN3O5. The monoisotopic (exact) mass is 415 g/mol. The molecule has 0 bridgehead atoms. The largest absolute Gasteiger partial charge is 0.467 e. The average molecular weight is 416 g/mol. The van der Waals surface area contributed by atoms with Crippen molar-refractivity contribution in [2.24, 2.45) is 5.92 Å². The van der Waals surface area contributed by atoms with Gasteiger partial charge in [0, 0.05) is 18.7 Å². The molecule has 9 heteroatoms. The fraction of sp³-hybridized carbons (Fsp3) is 0.300. The number of carbonyl (C=O) groups excluding carboxylic acids is 3. The zero-order chi connectivity index (χ0) is 21.0. The van der Waals surface area contributed by atoms with Crippen molar-refractivity contribution in [3.63, 3.8) is 0 Å². The molecule has 8 nitrogen and oxygen atoms in total. The van der Waals surface area contributed by atoms with Gasteiger partial charge >= 0.3 is 5.97 Å². The SMILES string of the molecule is C[C@H](OC(=O)[C@H]1CC(=O)N(Cc2ccco2)C1)C(=O)Nc1ccc(C#N)c(Cl)c1. The second-order valence-corrected chi connectivity index (χ2v) is 7.04. The first kappa shape index (κ1) is 20.4. The number of hydrogen-bond donors (Lipinski definition) is 1. The Morgan fingerprint density at radius 1 is 1.45 bits per heavy atom. The minimum absolute atomic E-state index is 0.0269. The molecule has 0 saturated carbocycles. The normalized spacial score (nSPS) is 16.9. The van der Waals surface area contributed by atoms with Crippen LogP contribution in [0.1, 0.15) is 24.7 Å². The Labute approximate surface area is 172 Å². The Bertz CT molecular complexity index is 967. The van der Waals surface area contributed by atoms with Gasteiger partial charge in [0.05, 0.1) is 29.3 Å². The van der Waals surface area contributed by atoms with Gasteiger partial charge in [-0.15, -0.1) is 0 Å². The number of nitrogens with one attached hydrogen (secondary N) is 1. The molecule has 0 spiro atoms. The molecule has 0 radical (unpaired) electrons. The van der Waals surface area contributed by atoms with E-state index in [1.165, 1.54) is 36.3 Å². The van der Waals surface area contributed by atoms with Gasteiger partial charge in [-0.2, -0.15) is 5.26 Å². The highest BCUT2D eigenvalue weighted by Crippen LogP contribution is 2.23. The molecule has 150 valence electrons. The summed E-state index contributed by atoms with van der Waals surface area (Å²) >= 11 is 5.94. The third kappa shape index (κ3) is 4.95. The number of anilines is 1. The maximum atomic E-state index is 12.4. The van der Waals surface area contributed by atoms with E-state index in [2.05, 4.69) is 5.32 Å². The number of carbonyl (C=O) groups is 3. The lowest BCUT2D eigenvalue weighted by Crippen LogP contribution is -2.33. The summed E-state index contributed by atoms with van der Waals surface area (Å²) in [5.74, 6) is -1.34. The van der Waals surface area contributed by atoms with Gasteiger partial charge in [0.1, 0.15) is 11.8 Å². The summed E-state index contributed by atoms with van der Waals surface area (Å²) in [5, 5.41) is 11.7. The van der Waals surface area contributed by atoms with Crippen molar-refractivity contribution < 1.29 is 23.5 Å². The average Bonchev–Trinajstić information content (AvgIpc) is 3.32. The second kappa shape index (κ2) is 8.80. The van der Waals surface area contributed by atoms with Crippen LogP contribution in [0.2, 0.25) is 5.02 Å². The summed E-state index contributed by atoms with van der Waals surface area (Å²) in [6, 6.07) is 9.85. The van der Waals surface area contributed by atoms with E-state index in [9.17, 15) is 14.4 Å². The molecule has 2 aromatic rings. The van der Waals surface area contributed by atoms with Crippen LogP contribution < -0.4 is 5.32 Å². The van der Waals surface area contributed by atoms with Gasteiger partial charge in [-0.1, -0.05) is 11.6 Å². The van der Waals surface area contributed by atoms with Crippen molar-refractivity contribution in [2.45, 2.75) is 26.0 Å². The topological polar surface area (TPSA) is 113 Å². The number of nitrogens with zero attached hydrogens (tertiary/aromatic N) is 2. The van der Waals surface area contributed by atoms with Gasteiger partial charge in [-0.05, 0) is 37.3 Å². The molecule has 2 heterocycles. The molecule has 29 heavy (non-hydrogen) atoms. The summed E-state index contributed by atoms with van der Waals surface area (Å²) < 4.78 is 10.5. The summed E-state index contributed by atoms with van der Waals surface area (Å²) in [5.41, 5.74) is 0.664. The predicted octanol–water partition coefficient (Wildman–Crippen LogP) is 2.72. The zero-order valence-electron chi connectivity index (χ0n) is 15.6. The molecule has 1 aliphatic heterocycles. The van der Waals surface area contributed by atoms with Gasteiger partial charge in [0.2, 0.25) is 5.91 Å². The number of amides is 2. The number of furan rings is 1. The van der Waals surface area contributed by atoms with E-state index in [0.29, 0.717) is 11.4 Å². The molecule has 1 N–H and O–H groups in total. The van der Waals surface area contributed by atoms with Gasteiger partial charge in [-0.3, -0.25) is 14.4 Å². The van der Waals surface area contributed by atoms with Crippen LogP contribution in [0.15, 0.2) is 41.0 Å². The number of halogens is 1. The first-order chi connectivity index (χ1) is 13.9.